The van der Waals surface area contributed by atoms with Crippen LogP contribution in [0.2, 0.25) is 0 Å². The molecule has 3 rings (SSSR count). The molecule has 3 heteroatoms. The Labute approximate surface area is 137 Å². The van der Waals surface area contributed by atoms with E-state index in [-0.39, 0.29) is 35.9 Å². The third-order valence-electron chi connectivity index (χ3n) is 2.95. The molecule has 1 aliphatic heterocycles. The molecule has 0 N–H and O–H groups in total. The van der Waals surface area contributed by atoms with Crippen molar-refractivity contribution in [2.45, 2.75) is 0 Å². The Kier molecular flexibility index (Phi) is 8.25. The molecule has 0 spiro atoms. The van der Waals surface area contributed by atoms with Crippen LogP contribution in [0.1, 0.15) is 0 Å². The quantitative estimate of drug-likeness (QED) is 0.646. The maximum atomic E-state index is 3.25. The Balaban J connectivity index is 0.00000120. The van der Waals surface area contributed by atoms with Crippen molar-refractivity contribution in [2.75, 3.05) is 22.9 Å². The first-order valence-electron chi connectivity index (χ1n) is 5.83. The summed E-state index contributed by atoms with van der Waals surface area (Å²) in [5, 5.41) is 0. The monoisotopic (exact) mass is 447 g/mol. The van der Waals surface area contributed by atoms with Crippen LogP contribution in [0.3, 0.4) is 0 Å². The molecular weight excluding hydrogens is 427 g/mol. The van der Waals surface area contributed by atoms with E-state index in [1.807, 2.05) is 24.3 Å². The molecule has 1 heterocycles. The predicted molar refractivity (Wildman–Crippen MR) is 83.5 cm³/mol. The van der Waals surface area contributed by atoms with Gasteiger partial charge in [0, 0.05) is 18.8 Å². The first-order valence-corrected chi connectivity index (χ1v) is 5.83. The van der Waals surface area contributed by atoms with Gasteiger partial charge < -0.3 is 24.7 Å². The molecular formula is C17H20N2Pt. The van der Waals surface area contributed by atoms with Gasteiger partial charge in [-0.25, -0.2) is 0 Å². The van der Waals surface area contributed by atoms with Crippen molar-refractivity contribution >= 4 is 11.4 Å². The normalized spacial score (nSPS) is 13.0. The summed E-state index contributed by atoms with van der Waals surface area (Å²) in [6.07, 6.45) is 0. The maximum absolute atomic E-state index is 3.25. The summed E-state index contributed by atoms with van der Waals surface area (Å²) < 4.78 is 0. The average molecular weight is 447 g/mol. The Morgan fingerprint density at radius 1 is 0.850 bits per heavy atom. The molecule has 108 valence electrons. The minimum absolute atomic E-state index is 0. The van der Waals surface area contributed by atoms with E-state index in [2.05, 4.69) is 52.9 Å². The molecule has 1 saturated heterocycles. The van der Waals surface area contributed by atoms with Crippen LogP contribution < -0.4 is 9.80 Å². The summed E-state index contributed by atoms with van der Waals surface area (Å²) in [4.78, 5) is 4.49. The molecule has 2 aromatic carbocycles. The Morgan fingerprint density at radius 2 is 1.50 bits per heavy atom. The van der Waals surface area contributed by atoms with Crippen LogP contribution in [0.15, 0.2) is 54.6 Å². The SMILES string of the molecule is [CH3-].[CH3-].[Pt+4].[c-]1ccccc1N1[CH-]N(c2ccccc2)CC1. The number of benzene rings is 2. The van der Waals surface area contributed by atoms with Crippen molar-refractivity contribution < 1.29 is 21.1 Å². The summed E-state index contributed by atoms with van der Waals surface area (Å²) in [5.41, 5.74) is 2.37. The summed E-state index contributed by atoms with van der Waals surface area (Å²) in [6, 6.07) is 21.8. The van der Waals surface area contributed by atoms with Gasteiger partial charge in [-0.15, -0.1) is 5.69 Å². The van der Waals surface area contributed by atoms with E-state index < -0.39 is 0 Å². The smallest absolute Gasteiger partial charge is 0.522 e. The zero-order valence-corrected chi connectivity index (χ0v) is 14.2. The molecule has 20 heavy (non-hydrogen) atoms. The molecule has 0 radical (unpaired) electrons. The van der Waals surface area contributed by atoms with Crippen molar-refractivity contribution in [3.05, 3.63) is 82.2 Å². The second-order valence-corrected chi connectivity index (χ2v) is 4.09. The number of hydrogen-bond acceptors (Lipinski definition) is 2. The molecule has 0 saturated carbocycles. The molecule has 0 amide bonds. The van der Waals surface area contributed by atoms with E-state index in [0.29, 0.717) is 0 Å². The topological polar surface area (TPSA) is 6.48 Å². The summed E-state index contributed by atoms with van der Waals surface area (Å²) in [6.45, 7) is 4.18. The van der Waals surface area contributed by atoms with Crippen molar-refractivity contribution in [3.63, 3.8) is 0 Å². The van der Waals surface area contributed by atoms with E-state index in [1.165, 1.54) is 5.69 Å². The van der Waals surface area contributed by atoms with Gasteiger partial charge in [0.1, 0.15) is 0 Å². The molecule has 0 aliphatic carbocycles. The number of hydrogen-bond donors (Lipinski definition) is 0. The van der Waals surface area contributed by atoms with Gasteiger partial charge in [0.05, 0.1) is 0 Å². The Hall–Kier alpha value is -1.27. The molecule has 2 aromatic rings. The standard InChI is InChI=1S/C15H14N2.2CH3.Pt/c1-3-7-14(8-4-1)16-11-12-17(13-16)15-9-5-2-6-10-15;;;/h1-9,13H,11-12H2;2*1H3;/q-2;2*-1;+4. The van der Waals surface area contributed by atoms with Crippen molar-refractivity contribution in [1.29, 1.82) is 0 Å². The number of nitrogens with zero attached hydrogens (tertiary/aromatic N) is 2. The van der Waals surface area contributed by atoms with Crippen LogP contribution in [-0.2, 0) is 21.1 Å². The summed E-state index contributed by atoms with van der Waals surface area (Å²) >= 11 is 0. The van der Waals surface area contributed by atoms with Gasteiger partial charge in [0.15, 0.2) is 0 Å². The minimum atomic E-state index is 0. The number of para-hydroxylation sites is 2. The van der Waals surface area contributed by atoms with Gasteiger partial charge in [0.2, 0.25) is 0 Å². The van der Waals surface area contributed by atoms with Crippen molar-refractivity contribution in [2.24, 2.45) is 0 Å². The zero-order valence-electron chi connectivity index (χ0n) is 11.9. The summed E-state index contributed by atoms with van der Waals surface area (Å²) in [5.74, 6) is 0. The Bertz CT molecular complexity index is 427. The van der Waals surface area contributed by atoms with E-state index in [9.17, 15) is 0 Å². The van der Waals surface area contributed by atoms with Crippen LogP contribution >= 0.6 is 0 Å². The number of rotatable bonds is 2. The molecule has 1 fully saturated rings. The minimum Gasteiger partial charge on any atom is -0.522 e. The first kappa shape index (κ1) is 18.7. The van der Waals surface area contributed by atoms with Crippen LogP contribution in [0.5, 0.6) is 0 Å². The largest absolute Gasteiger partial charge is 4.00 e. The van der Waals surface area contributed by atoms with Crippen molar-refractivity contribution in [1.82, 2.24) is 0 Å². The fourth-order valence-electron chi connectivity index (χ4n) is 2.06. The first-order chi connectivity index (χ1) is 8.43. The van der Waals surface area contributed by atoms with E-state index >= 15 is 0 Å². The maximum Gasteiger partial charge on any atom is 4.00 e. The van der Waals surface area contributed by atoms with Gasteiger partial charge in [0.25, 0.3) is 0 Å². The fourth-order valence-corrected chi connectivity index (χ4v) is 2.06. The van der Waals surface area contributed by atoms with Crippen LogP contribution in [0.25, 0.3) is 0 Å². The molecule has 0 atom stereocenters. The molecule has 0 bridgehead atoms. The fraction of sp³-hybridized carbons (Fsp3) is 0.118. The second-order valence-electron chi connectivity index (χ2n) is 4.09. The number of anilines is 2. The average Bonchev–Trinajstić information content (AvgIpc) is 2.90. The van der Waals surface area contributed by atoms with Gasteiger partial charge >= 0.3 is 21.1 Å². The van der Waals surface area contributed by atoms with Gasteiger partial charge in [-0.2, -0.15) is 37.0 Å². The van der Waals surface area contributed by atoms with Crippen molar-refractivity contribution in [3.8, 4) is 0 Å². The second kappa shape index (κ2) is 8.81. The Morgan fingerprint density at radius 3 is 2.15 bits per heavy atom. The third kappa shape index (κ3) is 4.11. The third-order valence-corrected chi connectivity index (χ3v) is 2.95. The molecule has 1 aliphatic rings. The van der Waals surface area contributed by atoms with Gasteiger partial charge in [-0.3, -0.25) is 0 Å². The van der Waals surface area contributed by atoms with Gasteiger partial charge in [-0.05, 0) is 12.1 Å². The zero-order chi connectivity index (χ0) is 11.5. The molecule has 0 aromatic heterocycles. The van der Waals surface area contributed by atoms with Crippen LogP contribution in [-0.4, -0.2) is 13.1 Å². The molecule has 2 nitrogen and oxygen atoms in total. The summed E-state index contributed by atoms with van der Waals surface area (Å²) in [7, 11) is 0. The predicted octanol–water partition coefficient (Wildman–Crippen LogP) is 3.83. The van der Waals surface area contributed by atoms with E-state index in [4.69, 9.17) is 0 Å². The van der Waals surface area contributed by atoms with E-state index in [0.717, 1.165) is 18.8 Å². The van der Waals surface area contributed by atoms with Gasteiger partial charge in [-0.1, -0.05) is 18.2 Å². The van der Waals surface area contributed by atoms with Crippen LogP contribution in [0.4, 0.5) is 11.4 Å². The van der Waals surface area contributed by atoms with E-state index in [1.54, 1.807) is 0 Å². The molecule has 0 unspecified atom stereocenters. The van der Waals surface area contributed by atoms with Crippen LogP contribution in [0, 0.1) is 27.6 Å².